The van der Waals surface area contributed by atoms with Gasteiger partial charge in [-0.15, -0.1) is 6.58 Å². The van der Waals surface area contributed by atoms with Crippen LogP contribution in [0.4, 0.5) is 9.18 Å². The van der Waals surface area contributed by atoms with Gasteiger partial charge in [0.15, 0.2) is 0 Å². The lowest BCUT2D eigenvalue weighted by Gasteiger charge is -2.22. The highest BCUT2D eigenvalue weighted by molar-refractivity contribution is 5.68. The topological polar surface area (TPSA) is 38.3 Å². The molecule has 82 valence electrons. The summed E-state index contributed by atoms with van der Waals surface area (Å²) in [4.78, 5) is 11.2. The second-order valence-corrected chi connectivity index (χ2v) is 4.09. The summed E-state index contributed by atoms with van der Waals surface area (Å²) in [6.07, 6.45) is -0.471. The molecule has 1 N–H and O–H groups in total. The lowest BCUT2D eigenvalue weighted by atomic mass is 10.2. The van der Waals surface area contributed by atoms with Gasteiger partial charge in [0.25, 0.3) is 0 Å². The summed E-state index contributed by atoms with van der Waals surface area (Å²) in [5.41, 5.74) is -0.574. The number of alkyl halides is 1. The fraction of sp³-hybridized carbons (Fsp3) is 0.700. The Hall–Kier alpha value is -1.06. The lowest BCUT2D eigenvalue weighted by Crippen LogP contribution is -2.41. The van der Waals surface area contributed by atoms with E-state index in [1.54, 1.807) is 20.8 Å². The quantitative estimate of drug-likeness (QED) is 0.715. The van der Waals surface area contributed by atoms with Crippen molar-refractivity contribution in [2.45, 2.75) is 45.5 Å². The van der Waals surface area contributed by atoms with Gasteiger partial charge in [0.05, 0.1) is 6.04 Å². The molecule has 0 saturated carbocycles. The molecule has 0 radical (unpaired) electrons. The third-order valence-electron chi connectivity index (χ3n) is 1.43. The first-order valence-corrected chi connectivity index (χ1v) is 4.52. The van der Waals surface area contributed by atoms with Crippen molar-refractivity contribution in [2.24, 2.45) is 0 Å². The molecule has 4 heteroatoms. The second kappa shape index (κ2) is 4.98. The van der Waals surface area contributed by atoms with Gasteiger partial charge in [0.1, 0.15) is 11.8 Å². The highest BCUT2D eigenvalue weighted by Crippen LogP contribution is 2.07. The van der Waals surface area contributed by atoms with Crippen LogP contribution < -0.4 is 5.32 Å². The average Bonchev–Trinajstić information content (AvgIpc) is 1.96. The van der Waals surface area contributed by atoms with Crippen LogP contribution in [0.1, 0.15) is 27.7 Å². The first kappa shape index (κ1) is 12.9. The number of halogens is 1. The van der Waals surface area contributed by atoms with E-state index in [9.17, 15) is 9.18 Å². The van der Waals surface area contributed by atoms with Crippen LogP contribution in [0.5, 0.6) is 0 Å². The minimum Gasteiger partial charge on any atom is -0.444 e. The van der Waals surface area contributed by atoms with Crippen molar-refractivity contribution >= 4 is 6.09 Å². The third-order valence-corrected chi connectivity index (χ3v) is 1.43. The molecule has 2 atom stereocenters. The van der Waals surface area contributed by atoms with Crippen LogP contribution in [0.3, 0.4) is 0 Å². The van der Waals surface area contributed by atoms with Crippen molar-refractivity contribution in [1.29, 1.82) is 0 Å². The van der Waals surface area contributed by atoms with Crippen LogP contribution in [-0.2, 0) is 4.74 Å². The predicted octanol–water partition coefficient (Wildman–Crippen LogP) is 2.42. The Bertz CT molecular complexity index is 209. The zero-order valence-electron chi connectivity index (χ0n) is 9.13. The number of hydrogen-bond donors (Lipinski definition) is 1. The van der Waals surface area contributed by atoms with Gasteiger partial charge in [0.2, 0.25) is 0 Å². The van der Waals surface area contributed by atoms with Gasteiger partial charge in [-0.2, -0.15) is 0 Å². The summed E-state index contributed by atoms with van der Waals surface area (Å²) in [5.74, 6) is 0. The van der Waals surface area contributed by atoms with Crippen LogP contribution in [0.15, 0.2) is 12.7 Å². The summed E-state index contributed by atoms with van der Waals surface area (Å²) in [7, 11) is 0. The molecule has 0 aliphatic rings. The van der Waals surface area contributed by atoms with E-state index in [2.05, 4.69) is 11.9 Å². The minimum absolute atomic E-state index is 0.574. The van der Waals surface area contributed by atoms with Crippen molar-refractivity contribution in [3.05, 3.63) is 12.7 Å². The Morgan fingerprint density at radius 1 is 1.57 bits per heavy atom. The summed E-state index contributed by atoms with van der Waals surface area (Å²) < 4.78 is 17.8. The van der Waals surface area contributed by atoms with E-state index in [1.807, 2.05) is 0 Å². The van der Waals surface area contributed by atoms with E-state index in [4.69, 9.17) is 4.74 Å². The maximum atomic E-state index is 12.8. The number of rotatable bonds is 3. The van der Waals surface area contributed by atoms with E-state index in [-0.39, 0.29) is 0 Å². The number of nitrogens with one attached hydrogen (secondary N) is 1. The normalized spacial score (nSPS) is 15.5. The summed E-state index contributed by atoms with van der Waals surface area (Å²) in [6.45, 7) is 10.0. The molecule has 0 aliphatic carbocycles. The van der Waals surface area contributed by atoms with Crippen LogP contribution >= 0.6 is 0 Å². The second-order valence-electron chi connectivity index (χ2n) is 4.09. The van der Waals surface area contributed by atoms with Crippen LogP contribution in [0, 0.1) is 0 Å². The largest absolute Gasteiger partial charge is 0.444 e. The zero-order valence-corrected chi connectivity index (χ0v) is 9.13. The zero-order chi connectivity index (χ0) is 11.4. The van der Waals surface area contributed by atoms with Crippen molar-refractivity contribution in [3.8, 4) is 0 Å². The van der Waals surface area contributed by atoms with Crippen molar-refractivity contribution < 1.29 is 13.9 Å². The molecular formula is C10H18FNO2. The predicted molar refractivity (Wildman–Crippen MR) is 53.9 cm³/mol. The van der Waals surface area contributed by atoms with Crippen LogP contribution in [-0.4, -0.2) is 23.9 Å². The highest BCUT2D eigenvalue weighted by Gasteiger charge is 2.20. The molecule has 0 aliphatic heterocycles. The van der Waals surface area contributed by atoms with Crippen molar-refractivity contribution in [1.82, 2.24) is 5.32 Å². The van der Waals surface area contributed by atoms with E-state index in [0.717, 1.165) is 0 Å². The van der Waals surface area contributed by atoms with Gasteiger partial charge in [-0.1, -0.05) is 6.08 Å². The molecule has 0 aromatic rings. The standard InChI is InChI=1S/C10H18FNO2/c1-6-8(7(2)11)12-9(13)14-10(3,4)5/h6-8H,1H2,2-5H3,(H,12,13)/t7-,8?/m0/s1. The van der Waals surface area contributed by atoms with Gasteiger partial charge in [0, 0.05) is 0 Å². The van der Waals surface area contributed by atoms with Crippen LogP contribution in [0.2, 0.25) is 0 Å². The Morgan fingerprint density at radius 3 is 2.36 bits per heavy atom. The number of ether oxygens (including phenoxy) is 1. The molecule has 1 unspecified atom stereocenters. The molecule has 0 saturated heterocycles. The third kappa shape index (κ3) is 5.56. The minimum atomic E-state index is -1.18. The van der Waals surface area contributed by atoms with E-state index < -0.39 is 23.9 Å². The van der Waals surface area contributed by atoms with Gasteiger partial charge >= 0.3 is 6.09 Å². The van der Waals surface area contributed by atoms with Gasteiger partial charge < -0.3 is 10.1 Å². The molecule has 0 rings (SSSR count). The van der Waals surface area contributed by atoms with Crippen LogP contribution in [0.25, 0.3) is 0 Å². The molecule has 3 nitrogen and oxygen atoms in total. The smallest absolute Gasteiger partial charge is 0.408 e. The molecule has 0 aromatic heterocycles. The monoisotopic (exact) mass is 203 g/mol. The van der Waals surface area contributed by atoms with Gasteiger partial charge in [-0.05, 0) is 27.7 Å². The number of hydrogen-bond acceptors (Lipinski definition) is 2. The average molecular weight is 203 g/mol. The molecule has 0 fully saturated rings. The molecule has 0 bridgehead atoms. The van der Waals surface area contributed by atoms with Crippen molar-refractivity contribution in [2.75, 3.05) is 0 Å². The summed E-state index contributed by atoms with van der Waals surface area (Å²) in [6, 6.07) is -0.704. The summed E-state index contributed by atoms with van der Waals surface area (Å²) in [5, 5.41) is 2.37. The number of amides is 1. The van der Waals surface area contributed by atoms with Gasteiger partial charge in [-0.3, -0.25) is 0 Å². The molecule has 14 heavy (non-hydrogen) atoms. The maximum absolute atomic E-state index is 12.8. The number of alkyl carbamates (subject to hydrolysis) is 1. The Labute approximate surface area is 84.3 Å². The number of carbonyl (C=O) groups is 1. The molecule has 0 spiro atoms. The molecular weight excluding hydrogens is 185 g/mol. The number of carbonyl (C=O) groups excluding carboxylic acids is 1. The SMILES string of the molecule is C=CC(NC(=O)OC(C)(C)C)[C@H](C)F. The Kier molecular flexibility index (Phi) is 4.60. The summed E-state index contributed by atoms with van der Waals surface area (Å²) >= 11 is 0. The first-order valence-electron chi connectivity index (χ1n) is 4.52. The van der Waals surface area contributed by atoms with E-state index in [0.29, 0.717) is 0 Å². The molecule has 1 amide bonds. The maximum Gasteiger partial charge on any atom is 0.408 e. The Morgan fingerprint density at radius 2 is 2.07 bits per heavy atom. The fourth-order valence-corrected chi connectivity index (χ4v) is 0.805. The lowest BCUT2D eigenvalue weighted by molar-refractivity contribution is 0.0494. The molecule has 0 heterocycles. The van der Waals surface area contributed by atoms with E-state index >= 15 is 0 Å². The fourth-order valence-electron chi connectivity index (χ4n) is 0.805. The first-order chi connectivity index (χ1) is 6.26. The van der Waals surface area contributed by atoms with E-state index in [1.165, 1.54) is 13.0 Å². The van der Waals surface area contributed by atoms with Gasteiger partial charge in [-0.25, -0.2) is 9.18 Å². The van der Waals surface area contributed by atoms with Crippen molar-refractivity contribution in [3.63, 3.8) is 0 Å². The molecule has 0 aromatic carbocycles. The Balaban J connectivity index is 4.11. The highest BCUT2D eigenvalue weighted by atomic mass is 19.1.